The standard InChI is InChI=1S/C15H22Cl2N2O/c1-15(2,20)11-19-7-5-18(6-8-19)10-12-3-4-13(16)9-14(12)17/h3-4,9,20H,5-8,10-11H2,1-2H3. The van der Waals surface area contributed by atoms with Gasteiger partial charge in [-0.25, -0.2) is 0 Å². The summed E-state index contributed by atoms with van der Waals surface area (Å²) in [5.41, 5.74) is 0.494. The minimum absolute atomic E-state index is 0.623. The Kier molecular flexibility index (Phi) is 5.32. The highest BCUT2D eigenvalue weighted by atomic mass is 35.5. The van der Waals surface area contributed by atoms with E-state index >= 15 is 0 Å². The molecule has 1 fully saturated rings. The van der Waals surface area contributed by atoms with E-state index in [-0.39, 0.29) is 0 Å². The number of benzene rings is 1. The Balaban J connectivity index is 1.85. The van der Waals surface area contributed by atoms with Gasteiger partial charge in [-0.1, -0.05) is 29.3 Å². The molecule has 0 bridgehead atoms. The van der Waals surface area contributed by atoms with Gasteiger partial charge in [0.2, 0.25) is 0 Å². The molecule has 0 radical (unpaired) electrons. The van der Waals surface area contributed by atoms with Crippen molar-refractivity contribution in [3.05, 3.63) is 33.8 Å². The lowest BCUT2D eigenvalue weighted by molar-refractivity contribution is 0.0167. The maximum absolute atomic E-state index is 9.85. The lowest BCUT2D eigenvalue weighted by Crippen LogP contribution is -2.50. The van der Waals surface area contributed by atoms with Crippen LogP contribution >= 0.6 is 23.2 Å². The van der Waals surface area contributed by atoms with Crippen molar-refractivity contribution in [2.45, 2.75) is 26.0 Å². The highest BCUT2D eigenvalue weighted by Gasteiger charge is 2.22. The van der Waals surface area contributed by atoms with Gasteiger partial charge in [0.1, 0.15) is 0 Å². The van der Waals surface area contributed by atoms with Crippen molar-refractivity contribution in [1.29, 1.82) is 0 Å². The molecule has 0 aromatic heterocycles. The number of hydrogen-bond donors (Lipinski definition) is 1. The van der Waals surface area contributed by atoms with E-state index in [9.17, 15) is 5.11 Å². The number of rotatable bonds is 4. The molecule has 1 saturated heterocycles. The monoisotopic (exact) mass is 316 g/mol. The van der Waals surface area contributed by atoms with Crippen LogP contribution in [0.25, 0.3) is 0 Å². The van der Waals surface area contributed by atoms with Crippen molar-refractivity contribution in [3.8, 4) is 0 Å². The first-order chi connectivity index (χ1) is 9.33. The van der Waals surface area contributed by atoms with Crippen molar-refractivity contribution in [1.82, 2.24) is 9.80 Å². The van der Waals surface area contributed by atoms with E-state index in [1.54, 1.807) is 6.07 Å². The van der Waals surface area contributed by atoms with Gasteiger partial charge in [-0.05, 0) is 31.5 Å². The van der Waals surface area contributed by atoms with Gasteiger partial charge in [-0.3, -0.25) is 9.80 Å². The summed E-state index contributed by atoms with van der Waals surface area (Å²) in [5.74, 6) is 0. The average molecular weight is 317 g/mol. The third-order valence-corrected chi connectivity index (χ3v) is 4.07. The number of piperazine rings is 1. The van der Waals surface area contributed by atoms with Gasteiger partial charge in [-0.15, -0.1) is 0 Å². The largest absolute Gasteiger partial charge is 0.389 e. The third kappa shape index (κ3) is 4.90. The van der Waals surface area contributed by atoms with Crippen LogP contribution in [0.3, 0.4) is 0 Å². The van der Waals surface area contributed by atoms with Crippen LogP contribution < -0.4 is 0 Å². The van der Waals surface area contributed by atoms with Crippen LogP contribution in [0.2, 0.25) is 10.0 Å². The maximum Gasteiger partial charge on any atom is 0.0718 e. The molecule has 0 spiro atoms. The van der Waals surface area contributed by atoms with E-state index in [4.69, 9.17) is 23.2 Å². The van der Waals surface area contributed by atoms with Crippen molar-refractivity contribution in [3.63, 3.8) is 0 Å². The molecule has 1 aromatic carbocycles. The van der Waals surface area contributed by atoms with Gasteiger partial charge in [-0.2, -0.15) is 0 Å². The molecule has 0 aliphatic carbocycles. The highest BCUT2D eigenvalue weighted by Crippen LogP contribution is 2.22. The van der Waals surface area contributed by atoms with E-state index in [0.29, 0.717) is 5.02 Å². The van der Waals surface area contributed by atoms with Crippen LogP contribution in [-0.2, 0) is 6.54 Å². The Labute approximate surface area is 131 Å². The smallest absolute Gasteiger partial charge is 0.0718 e. The molecule has 20 heavy (non-hydrogen) atoms. The minimum atomic E-state index is -0.623. The molecule has 2 rings (SSSR count). The first-order valence-corrected chi connectivity index (χ1v) is 7.70. The molecule has 0 atom stereocenters. The van der Waals surface area contributed by atoms with E-state index in [2.05, 4.69) is 9.80 Å². The Morgan fingerprint density at radius 2 is 1.70 bits per heavy atom. The van der Waals surface area contributed by atoms with Crippen LogP contribution in [0, 0.1) is 0 Å². The van der Waals surface area contributed by atoms with Gasteiger partial charge in [0.25, 0.3) is 0 Å². The first-order valence-electron chi connectivity index (χ1n) is 6.94. The number of hydrogen-bond acceptors (Lipinski definition) is 3. The summed E-state index contributed by atoms with van der Waals surface area (Å²) < 4.78 is 0. The Morgan fingerprint density at radius 1 is 1.10 bits per heavy atom. The predicted molar refractivity (Wildman–Crippen MR) is 84.5 cm³/mol. The van der Waals surface area contributed by atoms with Crippen LogP contribution in [-0.4, -0.2) is 53.2 Å². The zero-order chi connectivity index (χ0) is 14.8. The molecule has 112 valence electrons. The Bertz CT molecular complexity index is 452. The second-order valence-electron chi connectivity index (χ2n) is 6.10. The molecule has 0 unspecified atom stereocenters. The second kappa shape index (κ2) is 6.63. The fraction of sp³-hybridized carbons (Fsp3) is 0.600. The topological polar surface area (TPSA) is 26.7 Å². The summed E-state index contributed by atoms with van der Waals surface area (Å²) >= 11 is 12.1. The summed E-state index contributed by atoms with van der Waals surface area (Å²) in [6.07, 6.45) is 0. The molecule has 3 nitrogen and oxygen atoms in total. The predicted octanol–water partition coefficient (Wildman–Crippen LogP) is 2.88. The number of halogens is 2. The van der Waals surface area contributed by atoms with Crippen molar-refractivity contribution in [2.24, 2.45) is 0 Å². The van der Waals surface area contributed by atoms with E-state index in [1.807, 2.05) is 26.0 Å². The normalized spacial score (nSPS) is 18.4. The first kappa shape index (κ1) is 16.1. The lowest BCUT2D eigenvalue weighted by Gasteiger charge is -2.37. The van der Waals surface area contributed by atoms with Gasteiger partial charge < -0.3 is 5.11 Å². The Hall–Kier alpha value is -0.320. The zero-order valence-electron chi connectivity index (χ0n) is 12.1. The van der Waals surface area contributed by atoms with E-state index < -0.39 is 5.60 Å². The summed E-state index contributed by atoms with van der Waals surface area (Å²) in [6, 6.07) is 5.67. The minimum Gasteiger partial charge on any atom is -0.389 e. The summed E-state index contributed by atoms with van der Waals surface area (Å²) in [7, 11) is 0. The lowest BCUT2D eigenvalue weighted by atomic mass is 10.1. The molecule has 0 saturated carbocycles. The molecule has 1 aliphatic heterocycles. The molecular weight excluding hydrogens is 295 g/mol. The molecule has 1 aliphatic rings. The van der Waals surface area contributed by atoms with E-state index in [0.717, 1.165) is 49.9 Å². The van der Waals surface area contributed by atoms with E-state index in [1.165, 1.54) is 0 Å². The quantitative estimate of drug-likeness (QED) is 0.925. The van der Waals surface area contributed by atoms with Gasteiger partial charge >= 0.3 is 0 Å². The number of nitrogens with zero attached hydrogens (tertiary/aromatic N) is 2. The highest BCUT2D eigenvalue weighted by molar-refractivity contribution is 6.35. The molecular formula is C15H22Cl2N2O. The summed E-state index contributed by atoms with van der Waals surface area (Å²) in [5, 5.41) is 11.3. The van der Waals surface area contributed by atoms with Crippen LogP contribution in [0.4, 0.5) is 0 Å². The van der Waals surface area contributed by atoms with Gasteiger partial charge in [0, 0.05) is 49.3 Å². The summed E-state index contributed by atoms with van der Waals surface area (Å²) in [4.78, 5) is 4.69. The fourth-order valence-corrected chi connectivity index (χ4v) is 3.01. The molecule has 1 N–H and O–H groups in total. The van der Waals surface area contributed by atoms with Gasteiger partial charge in [0.15, 0.2) is 0 Å². The SMILES string of the molecule is CC(C)(O)CN1CCN(Cc2ccc(Cl)cc2Cl)CC1. The van der Waals surface area contributed by atoms with Gasteiger partial charge in [0.05, 0.1) is 5.60 Å². The van der Waals surface area contributed by atoms with Crippen molar-refractivity contribution < 1.29 is 5.11 Å². The molecule has 0 amide bonds. The van der Waals surface area contributed by atoms with Crippen molar-refractivity contribution in [2.75, 3.05) is 32.7 Å². The van der Waals surface area contributed by atoms with Crippen molar-refractivity contribution >= 4 is 23.2 Å². The number of β-amino-alcohol motifs (C(OH)–C–C–N with tert-alkyl or cyclic N) is 1. The fourth-order valence-electron chi connectivity index (χ4n) is 2.54. The number of aliphatic hydroxyl groups is 1. The molecule has 1 heterocycles. The Morgan fingerprint density at radius 3 is 2.25 bits per heavy atom. The van der Waals surface area contributed by atoms with Crippen LogP contribution in [0.1, 0.15) is 19.4 Å². The van der Waals surface area contributed by atoms with Crippen LogP contribution in [0.5, 0.6) is 0 Å². The molecule has 5 heteroatoms. The summed E-state index contributed by atoms with van der Waals surface area (Å²) in [6.45, 7) is 9.24. The second-order valence-corrected chi connectivity index (χ2v) is 6.94. The van der Waals surface area contributed by atoms with Crippen LogP contribution in [0.15, 0.2) is 18.2 Å². The molecule has 1 aromatic rings. The average Bonchev–Trinajstić information content (AvgIpc) is 2.33. The maximum atomic E-state index is 9.85. The third-order valence-electron chi connectivity index (χ3n) is 3.48. The zero-order valence-corrected chi connectivity index (χ0v) is 13.6.